The van der Waals surface area contributed by atoms with E-state index < -0.39 is 11.6 Å². The van der Waals surface area contributed by atoms with Crippen LogP contribution in [-0.4, -0.2) is 0 Å². The van der Waals surface area contributed by atoms with Crippen LogP contribution < -0.4 is 5.73 Å². The zero-order valence-electron chi connectivity index (χ0n) is 7.54. The summed E-state index contributed by atoms with van der Waals surface area (Å²) in [5, 5.41) is 0. The van der Waals surface area contributed by atoms with Crippen molar-refractivity contribution >= 4 is 12.4 Å². The molecule has 14 heavy (non-hydrogen) atoms. The lowest BCUT2D eigenvalue weighted by Gasteiger charge is -2.11. The second-order valence-corrected chi connectivity index (χ2v) is 3.51. The molecule has 1 aliphatic carbocycles. The van der Waals surface area contributed by atoms with Gasteiger partial charge in [-0.15, -0.1) is 12.4 Å². The van der Waals surface area contributed by atoms with Crippen LogP contribution in [0.2, 0.25) is 0 Å². The van der Waals surface area contributed by atoms with Gasteiger partial charge in [0, 0.05) is 11.6 Å². The van der Waals surface area contributed by atoms with E-state index in [9.17, 15) is 8.78 Å². The van der Waals surface area contributed by atoms with Gasteiger partial charge in [-0.3, -0.25) is 0 Å². The maximum Gasteiger partial charge on any atom is 0.163 e. The van der Waals surface area contributed by atoms with Gasteiger partial charge >= 0.3 is 0 Å². The molecule has 1 fully saturated rings. The van der Waals surface area contributed by atoms with Crippen LogP contribution in [0.15, 0.2) is 18.2 Å². The molecule has 1 saturated carbocycles. The highest BCUT2D eigenvalue weighted by atomic mass is 35.5. The summed E-state index contributed by atoms with van der Waals surface area (Å²) in [5.41, 5.74) is 6.07. The molecule has 0 aromatic heterocycles. The van der Waals surface area contributed by atoms with E-state index >= 15 is 0 Å². The third-order valence-electron chi connectivity index (χ3n) is 2.47. The van der Waals surface area contributed by atoms with E-state index in [2.05, 4.69) is 0 Å². The van der Waals surface area contributed by atoms with E-state index in [1.165, 1.54) is 6.07 Å². The Labute approximate surface area is 87.7 Å². The minimum absolute atomic E-state index is 0. The molecule has 0 spiro atoms. The van der Waals surface area contributed by atoms with Crippen molar-refractivity contribution in [3.8, 4) is 0 Å². The van der Waals surface area contributed by atoms with Crippen LogP contribution in [0.5, 0.6) is 0 Å². The first-order valence-electron chi connectivity index (χ1n) is 4.39. The van der Waals surface area contributed by atoms with Crippen LogP contribution in [0.1, 0.15) is 24.4 Å². The first-order chi connectivity index (χ1) is 6.20. The molecule has 0 saturated heterocycles. The third kappa shape index (κ3) is 2.04. The molecular formula is C10H12ClF2N. The van der Waals surface area contributed by atoms with Gasteiger partial charge in [-0.25, -0.2) is 8.78 Å². The van der Waals surface area contributed by atoms with Crippen LogP contribution in [0.25, 0.3) is 0 Å². The fourth-order valence-corrected chi connectivity index (χ4v) is 1.49. The van der Waals surface area contributed by atoms with E-state index in [-0.39, 0.29) is 18.4 Å². The molecule has 1 aromatic carbocycles. The Hall–Kier alpha value is -0.670. The lowest BCUT2D eigenvalue weighted by molar-refractivity contribution is 0.480. The zero-order chi connectivity index (χ0) is 9.42. The first-order valence-corrected chi connectivity index (χ1v) is 4.39. The summed E-state index contributed by atoms with van der Waals surface area (Å²) in [6.45, 7) is 0. The van der Waals surface area contributed by atoms with Crippen molar-refractivity contribution in [1.29, 1.82) is 0 Å². The largest absolute Gasteiger partial charge is 0.324 e. The van der Waals surface area contributed by atoms with E-state index in [0.717, 1.165) is 18.9 Å². The van der Waals surface area contributed by atoms with Gasteiger partial charge in [-0.05, 0) is 24.8 Å². The quantitative estimate of drug-likeness (QED) is 0.813. The third-order valence-corrected chi connectivity index (χ3v) is 2.47. The standard InChI is InChI=1S/C10H11F2N.ClH/c11-8-3-1-2-7(9(8)12)10(13)6-4-5-6;/h1-3,6,10H,4-5,13H2;1H/t10-;/m1./s1. The average molecular weight is 220 g/mol. The van der Waals surface area contributed by atoms with Crippen molar-refractivity contribution in [2.75, 3.05) is 0 Å². The highest BCUT2D eigenvalue weighted by Gasteiger charge is 2.31. The molecule has 1 atom stereocenters. The van der Waals surface area contributed by atoms with Gasteiger partial charge in [-0.2, -0.15) is 0 Å². The number of hydrogen-bond acceptors (Lipinski definition) is 1. The lowest BCUT2D eigenvalue weighted by atomic mass is 10.0. The molecular weight excluding hydrogens is 208 g/mol. The summed E-state index contributed by atoms with van der Waals surface area (Å²) in [7, 11) is 0. The monoisotopic (exact) mass is 219 g/mol. The van der Waals surface area contributed by atoms with Crippen LogP contribution >= 0.6 is 12.4 Å². The first kappa shape index (κ1) is 11.4. The molecule has 1 nitrogen and oxygen atoms in total. The number of nitrogens with two attached hydrogens (primary N) is 1. The summed E-state index contributed by atoms with van der Waals surface area (Å²) < 4.78 is 26.0. The molecule has 0 heterocycles. The Morgan fingerprint density at radius 1 is 1.29 bits per heavy atom. The summed E-state index contributed by atoms with van der Waals surface area (Å²) in [6.07, 6.45) is 2.05. The Bertz CT molecular complexity index is 326. The zero-order valence-corrected chi connectivity index (χ0v) is 8.36. The second-order valence-electron chi connectivity index (χ2n) is 3.51. The molecule has 0 unspecified atom stereocenters. The lowest BCUT2D eigenvalue weighted by Crippen LogP contribution is -2.14. The number of benzene rings is 1. The molecule has 1 aromatic rings. The molecule has 2 N–H and O–H groups in total. The maximum absolute atomic E-state index is 13.2. The van der Waals surface area contributed by atoms with E-state index in [0.29, 0.717) is 11.5 Å². The number of halogens is 3. The molecule has 4 heteroatoms. The normalized spacial score (nSPS) is 17.4. The molecule has 2 rings (SSSR count). The van der Waals surface area contributed by atoms with Crippen LogP contribution in [0, 0.1) is 17.6 Å². The van der Waals surface area contributed by atoms with Gasteiger partial charge in [0.2, 0.25) is 0 Å². The predicted octanol–water partition coefficient (Wildman–Crippen LogP) is 2.80. The van der Waals surface area contributed by atoms with Crippen molar-refractivity contribution in [3.63, 3.8) is 0 Å². The van der Waals surface area contributed by atoms with Gasteiger partial charge < -0.3 is 5.73 Å². The van der Waals surface area contributed by atoms with Crippen molar-refractivity contribution in [1.82, 2.24) is 0 Å². The molecule has 0 bridgehead atoms. The number of rotatable bonds is 2. The Morgan fingerprint density at radius 2 is 1.93 bits per heavy atom. The Kier molecular flexibility index (Phi) is 3.45. The molecule has 0 radical (unpaired) electrons. The number of hydrogen-bond donors (Lipinski definition) is 1. The van der Waals surface area contributed by atoms with Gasteiger partial charge in [-0.1, -0.05) is 12.1 Å². The van der Waals surface area contributed by atoms with E-state index in [1.807, 2.05) is 0 Å². The van der Waals surface area contributed by atoms with Gasteiger partial charge in [0.25, 0.3) is 0 Å². The minimum Gasteiger partial charge on any atom is -0.324 e. The Balaban J connectivity index is 0.000000980. The molecule has 0 amide bonds. The predicted molar refractivity (Wildman–Crippen MR) is 53.3 cm³/mol. The molecule has 0 aliphatic heterocycles. The fourth-order valence-electron chi connectivity index (χ4n) is 1.49. The van der Waals surface area contributed by atoms with Crippen LogP contribution in [-0.2, 0) is 0 Å². The van der Waals surface area contributed by atoms with Gasteiger partial charge in [0.15, 0.2) is 11.6 Å². The van der Waals surface area contributed by atoms with Crippen molar-refractivity contribution in [2.24, 2.45) is 11.7 Å². The van der Waals surface area contributed by atoms with Crippen molar-refractivity contribution in [2.45, 2.75) is 18.9 Å². The van der Waals surface area contributed by atoms with E-state index in [1.54, 1.807) is 6.07 Å². The summed E-state index contributed by atoms with van der Waals surface area (Å²) in [6, 6.07) is 3.83. The SMILES string of the molecule is Cl.N[C@@H](c1cccc(F)c1F)C1CC1. The maximum atomic E-state index is 13.2. The molecule has 1 aliphatic rings. The fraction of sp³-hybridized carbons (Fsp3) is 0.400. The summed E-state index contributed by atoms with van der Waals surface area (Å²) in [4.78, 5) is 0. The highest BCUT2D eigenvalue weighted by molar-refractivity contribution is 5.85. The highest BCUT2D eigenvalue weighted by Crippen LogP contribution is 2.40. The van der Waals surface area contributed by atoms with Crippen molar-refractivity contribution < 1.29 is 8.78 Å². The Morgan fingerprint density at radius 3 is 2.50 bits per heavy atom. The second kappa shape index (κ2) is 4.24. The van der Waals surface area contributed by atoms with Crippen LogP contribution in [0.3, 0.4) is 0 Å². The van der Waals surface area contributed by atoms with Crippen molar-refractivity contribution in [3.05, 3.63) is 35.4 Å². The summed E-state index contributed by atoms with van der Waals surface area (Å²) >= 11 is 0. The smallest absolute Gasteiger partial charge is 0.163 e. The molecule has 78 valence electrons. The minimum atomic E-state index is -0.811. The van der Waals surface area contributed by atoms with E-state index in [4.69, 9.17) is 5.73 Å². The van der Waals surface area contributed by atoms with Gasteiger partial charge in [0.05, 0.1) is 0 Å². The topological polar surface area (TPSA) is 26.0 Å². The van der Waals surface area contributed by atoms with Crippen LogP contribution in [0.4, 0.5) is 8.78 Å². The summed E-state index contributed by atoms with van der Waals surface area (Å²) in [5.74, 6) is -1.26. The van der Waals surface area contributed by atoms with Gasteiger partial charge in [0.1, 0.15) is 0 Å². The average Bonchev–Trinajstić information content (AvgIpc) is 2.91.